The first kappa shape index (κ1) is 28.2. The summed E-state index contributed by atoms with van der Waals surface area (Å²) in [6.45, 7) is 1.97. The van der Waals surface area contributed by atoms with Crippen molar-refractivity contribution in [1.29, 1.82) is 0 Å². The minimum atomic E-state index is -3.58. The highest BCUT2D eigenvalue weighted by Gasteiger charge is 2.41. The molecule has 2 aliphatic heterocycles. The monoisotopic (exact) mass is 595 g/mol. The predicted molar refractivity (Wildman–Crippen MR) is 139 cm³/mol. The van der Waals surface area contributed by atoms with Gasteiger partial charge in [-0.2, -0.15) is 0 Å². The molecule has 1 spiro atoms. The van der Waals surface area contributed by atoms with E-state index in [2.05, 4.69) is 0 Å². The van der Waals surface area contributed by atoms with Crippen LogP contribution in [-0.4, -0.2) is 54.3 Å². The van der Waals surface area contributed by atoms with Crippen LogP contribution in [0.3, 0.4) is 0 Å². The molecule has 37 heavy (non-hydrogen) atoms. The van der Waals surface area contributed by atoms with Gasteiger partial charge in [-0.05, 0) is 53.8 Å². The maximum absolute atomic E-state index is 14.7. The second-order valence-corrected chi connectivity index (χ2v) is 14.2. The van der Waals surface area contributed by atoms with Crippen molar-refractivity contribution in [2.75, 3.05) is 25.4 Å². The highest BCUT2D eigenvalue weighted by Crippen LogP contribution is 2.41. The Labute approximate surface area is 229 Å². The molecule has 4 rings (SSSR count). The molecule has 0 radical (unpaired) electrons. The Morgan fingerprint density at radius 2 is 1.73 bits per heavy atom. The fourth-order valence-corrected chi connectivity index (χ4v) is 5.70. The van der Waals surface area contributed by atoms with Crippen LogP contribution in [0.4, 0.5) is 13.6 Å². The zero-order valence-electron chi connectivity index (χ0n) is 20.0. The Morgan fingerprint density at radius 3 is 2.32 bits per heavy atom. The summed E-state index contributed by atoms with van der Waals surface area (Å²) >= 11 is 16.9. The summed E-state index contributed by atoms with van der Waals surface area (Å²) in [5.41, 5.74) is 0.956. The highest BCUT2D eigenvalue weighted by atomic mass is 35.6. The molecule has 0 atom stereocenters. The Bertz CT molecular complexity index is 1270. The Morgan fingerprint density at radius 1 is 1.08 bits per heavy atom. The molecule has 2 aliphatic rings. The van der Waals surface area contributed by atoms with Gasteiger partial charge in [0.25, 0.3) is 0 Å². The van der Waals surface area contributed by atoms with Gasteiger partial charge in [-0.15, -0.1) is 0 Å². The van der Waals surface area contributed by atoms with E-state index in [1.807, 2.05) is 6.07 Å². The van der Waals surface area contributed by atoms with Crippen LogP contribution in [-0.2, 0) is 26.7 Å². The van der Waals surface area contributed by atoms with E-state index < -0.39 is 48.3 Å². The summed E-state index contributed by atoms with van der Waals surface area (Å²) < 4.78 is 62.7. The van der Waals surface area contributed by atoms with Gasteiger partial charge in [0.15, 0.2) is 9.84 Å². The number of carbonyl (C=O) groups excluding carboxylic acids is 1. The lowest BCUT2D eigenvalue weighted by Gasteiger charge is -2.44. The quantitative estimate of drug-likeness (QED) is 0.383. The largest absolute Gasteiger partial charge is 0.487 e. The first-order chi connectivity index (χ1) is 17.3. The lowest BCUT2D eigenvalue weighted by atomic mass is 9.82. The maximum atomic E-state index is 14.7. The van der Waals surface area contributed by atoms with Gasteiger partial charge in [0, 0.05) is 37.2 Å². The first-order valence-corrected chi connectivity index (χ1v) is 14.7. The third-order valence-corrected chi connectivity index (χ3v) is 8.74. The fraction of sp³-hybridized carbons (Fsp3) is 0.480. The Kier molecular flexibility index (Phi) is 8.19. The number of hydrogen-bond acceptors (Lipinski definition) is 5. The first-order valence-electron chi connectivity index (χ1n) is 11.8. The van der Waals surface area contributed by atoms with E-state index in [9.17, 15) is 22.0 Å². The van der Waals surface area contributed by atoms with Crippen molar-refractivity contribution in [3.8, 4) is 16.9 Å². The summed E-state index contributed by atoms with van der Waals surface area (Å²) in [7, 11) is -3.58. The number of piperidine rings is 1. The maximum Gasteiger partial charge on any atom is 0.409 e. The SMILES string of the molecule is CCS(=O)(=O)Cc1c(F)cc(-c2ccc3c(c2)CCC2(CCN(C(=O)OCC(Cl)(Cl)Cl)CC2)O3)cc1F. The third kappa shape index (κ3) is 6.80. The highest BCUT2D eigenvalue weighted by molar-refractivity contribution is 7.90. The van der Waals surface area contributed by atoms with Gasteiger partial charge in [-0.25, -0.2) is 22.0 Å². The van der Waals surface area contributed by atoms with Crippen molar-refractivity contribution in [2.45, 2.75) is 47.8 Å². The van der Waals surface area contributed by atoms with Gasteiger partial charge in [0.05, 0.1) is 5.75 Å². The Balaban J connectivity index is 1.44. The number of likely N-dealkylation sites (tertiary alicyclic amines) is 1. The van der Waals surface area contributed by atoms with Crippen LogP contribution in [0.2, 0.25) is 0 Å². The van der Waals surface area contributed by atoms with E-state index in [1.165, 1.54) is 6.92 Å². The van der Waals surface area contributed by atoms with Crippen LogP contribution in [0.15, 0.2) is 30.3 Å². The van der Waals surface area contributed by atoms with Gasteiger partial charge in [-0.3, -0.25) is 0 Å². The third-order valence-electron chi connectivity index (χ3n) is 6.81. The zero-order chi connectivity index (χ0) is 27.0. The minimum absolute atomic E-state index is 0.196. The second kappa shape index (κ2) is 10.8. The van der Waals surface area contributed by atoms with Crippen LogP contribution in [0, 0.1) is 11.6 Å². The van der Waals surface area contributed by atoms with Crippen molar-refractivity contribution in [3.63, 3.8) is 0 Å². The number of halogens is 5. The summed E-state index contributed by atoms with van der Waals surface area (Å²) in [4.78, 5) is 13.8. The lowest BCUT2D eigenvalue weighted by Crippen LogP contribution is -2.51. The molecule has 2 aromatic carbocycles. The summed E-state index contributed by atoms with van der Waals surface area (Å²) in [5, 5.41) is 0. The number of ether oxygens (including phenoxy) is 2. The van der Waals surface area contributed by atoms with E-state index in [1.54, 1.807) is 17.0 Å². The predicted octanol–water partition coefficient (Wildman–Crippen LogP) is 6.23. The molecule has 1 amide bonds. The number of aryl methyl sites for hydroxylation is 1. The smallest absolute Gasteiger partial charge is 0.409 e. The van der Waals surface area contributed by atoms with Crippen molar-refractivity contribution in [1.82, 2.24) is 4.90 Å². The number of alkyl halides is 3. The molecule has 1 saturated heterocycles. The summed E-state index contributed by atoms with van der Waals surface area (Å²) in [6, 6.07) is 7.65. The molecular formula is C25H26Cl3F2NO5S. The molecule has 0 unspecified atom stereocenters. The van der Waals surface area contributed by atoms with Gasteiger partial charge in [-0.1, -0.05) is 47.8 Å². The molecule has 12 heteroatoms. The second-order valence-electron chi connectivity index (χ2n) is 9.36. The molecule has 0 bridgehead atoms. The molecule has 0 aliphatic carbocycles. The number of rotatable bonds is 5. The molecule has 0 N–H and O–H groups in total. The number of amides is 1. The lowest BCUT2D eigenvalue weighted by molar-refractivity contribution is -0.0141. The summed E-state index contributed by atoms with van der Waals surface area (Å²) in [5.74, 6) is -1.96. The molecule has 0 aromatic heterocycles. The van der Waals surface area contributed by atoms with E-state index in [0.29, 0.717) is 49.2 Å². The number of benzene rings is 2. The number of fused-ring (bicyclic) bond motifs is 1. The van der Waals surface area contributed by atoms with Gasteiger partial charge in [0.1, 0.15) is 29.6 Å². The van der Waals surface area contributed by atoms with E-state index in [4.69, 9.17) is 44.3 Å². The van der Waals surface area contributed by atoms with Crippen LogP contribution in [0.5, 0.6) is 5.75 Å². The number of carbonyl (C=O) groups is 1. The standard InChI is InChI=1S/C25H26Cl3F2NO5S/c1-2-37(33,34)14-19-20(29)12-18(13-21(19)30)16-3-4-22-17(11-16)5-6-24(36-22)7-9-31(10-8-24)23(32)35-15-25(26,27)28/h3-4,11-13H,2,5-10,14-15H2,1H3. The van der Waals surface area contributed by atoms with Crippen LogP contribution in [0.1, 0.15) is 37.3 Å². The zero-order valence-corrected chi connectivity index (χ0v) is 23.1. The average Bonchev–Trinajstić information content (AvgIpc) is 2.84. The number of nitrogens with zero attached hydrogens (tertiary/aromatic N) is 1. The van der Waals surface area contributed by atoms with Crippen molar-refractivity contribution in [3.05, 3.63) is 53.1 Å². The Hall–Kier alpha value is -1.81. The van der Waals surface area contributed by atoms with E-state index in [0.717, 1.165) is 24.1 Å². The molecule has 2 aromatic rings. The van der Waals surface area contributed by atoms with E-state index >= 15 is 0 Å². The van der Waals surface area contributed by atoms with Crippen LogP contribution >= 0.6 is 34.8 Å². The molecule has 2 heterocycles. The molecule has 1 fully saturated rings. The van der Waals surface area contributed by atoms with Crippen molar-refractivity contribution >= 4 is 50.7 Å². The average molecular weight is 597 g/mol. The number of sulfone groups is 1. The van der Waals surface area contributed by atoms with Gasteiger partial charge >= 0.3 is 6.09 Å². The van der Waals surface area contributed by atoms with Crippen LogP contribution in [0.25, 0.3) is 11.1 Å². The normalized spacial score (nSPS) is 17.3. The molecule has 6 nitrogen and oxygen atoms in total. The molecular weight excluding hydrogens is 571 g/mol. The van der Waals surface area contributed by atoms with E-state index in [-0.39, 0.29) is 12.4 Å². The van der Waals surface area contributed by atoms with Gasteiger partial charge < -0.3 is 14.4 Å². The van der Waals surface area contributed by atoms with Crippen LogP contribution < -0.4 is 4.74 Å². The molecule has 202 valence electrons. The van der Waals surface area contributed by atoms with Crippen molar-refractivity contribution in [2.24, 2.45) is 0 Å². The summed E-state index contributed by atoms with van der Waals surface area (Å²) in [6.07, 6.45) is 2.08. The topological polar surface area (TPSA) is 72.9 Å². The van der Waals surface area contributed by atoms with Gasteiger partial charge in [0.2, 0.25) is 3.79 Å². The fourth-order valence-electron chi connectivity index (χ4n) is 4.61. The number of hydrogen-bond donors (Lipinski definition) is 0. The minimum Gasteiger partial charge on any atom is -0.487 e. The van der Waals surface area contributed by atoms with Crippen molar-refractivity contribution < 1.29 is 31.5 Å². The molecule has 0 saturated carbocycles.